The number of rotatable bonds is 7. The minimum atomic E-state index is -2.98. The highest BCUT2D eigenvalue weighted by Crippen LogP contribution is 2.36. The fraction of sp³-hybridized carbons (Fsp3) is 0.923. The number of nitrogens with zero attached hydrogens (tertiary/aromatic N) is 1. The van der Waals surface area contributed by atoms with Gasteiger partial charge < -0.3 is 10.0 Å². The van der Waals surface area contributed by atoms with Gasteiger partial charge in [-0.3, -0.25) is 10.1 Å². The van der Waals surface area contributed by atoms with Crippen molar-refractivity contribution in [3.63, 3.8) is 0 Å². The molecule has 2 fully saturated rings. The second-order valence-corrected chi connectivity index (χ2v) is 8.57. The zero-order valence-corrected chi connectivity index (χ0v) is 12.9. The summed E-state index contributed by atoms with van der Waals surface area (Å²) in [6.07, 6.45) is 5.32. The lowest BCUT2D eigenvalue weighted by Gasteiger charge is -2.28. The number of carboxylic acids is 1. The van der Waals surface area contributed by atoms with Crippen LogP contribution in [0.15, 0.2) is 0 Å². The molecular formula is C13H24N2O4S. The Hall–Kier alpha value is -0.660. The first-order valence-electron chi connectivity index (χ1n) is 7.11. The van der Waals surface area contributed by atoms with Gasteiger partial charge in [0, 0.05) is 24.9 Å². The molecule has 0 radical (unpaired) electrons. The van der Waals surface area contributed by atoms with E-state index in [-0.39, 0.29) is 11.8 Å². The Labute approximate surface area is 120 Å². The minimum absolute atomic E-state index is 0.121. The van der Waals surface area contributed by atoms with Gasteiger partial charge in [0.05, 0.1) is 5.75 Å². The maximum absolute atomic E-state index is 11.6. The second-order valence-electron chi connectivity index (χ2n) is 6.31. The smallest absolute Gasteiger partial charge is 0.323 e. The van der Waals surface area contributed by atoms with Gasteiger partial charge in [0.25, 0.3) is 0 Å². The van der Waals surface area contributed by atoms with Crippen molar-refractivity contribution in [1.29, 1.82) is 0 Å². The molecule has 0 aliphatic heterocycles. The molecule has 6 nitrogen and oxygen atoms in total. The third-order valence-electron chi connectivity index (χ3n) is 4.39. The van der Waals surface area contributed by atoms with Crippen molar-refractivity contribution in [1.82, 2.24) is 10.2 Å². The normalized spacial score (nSPS) is 30.9. The van der Waals surface area contributed by atoms with Crippen LogP contribution in [-0.2, 0) is 14.6 Å². The largest absolute Gasteiger partial charge is 0.480 e. The van der Waals surface area contributed by atoms with Crippen molar-refractivity contribution in [2.75, 3.05) is 25.6 Å². The number of hydrogen-bond donors (Lipinski definition) is 2. The average molecular weight is 304 g/mol. The summed E-state index contributed by atoms with van der Waals surface area (Å²) in [5, 5.41) is 12.8. The van der Waals surface area contributed by atoms with Gasteiger partial charge in [-0.05, 0) is 39.2 Å². The summed E-state index contributed by atoms with van der Waals surface area (Å²) in [6, 6.07) is 0.491. The van der Waals surface area contributed by atoms with Crippen molar-refractivity contribution >= 4 is 15.8 Å². The molecule has 2 rings (SSSR count). The highest BCUT2D eigenvalue weighted by molar-refractivity contribution is 7.90. The van der Waals surface area contributed by atoms with Crippen molar-refractivity contribution in [2.45, 2.75) is 49.7 Å². The van der Waals surface area contributed by atoms with Crippen molar-refractivity contribution < 1.29 is 18.3 Å². The molecular weight excluding hydrogens is 280 g/mol. The maximum Gasteiger partial charge on any atom is 0.323 e. The van der Waals surface area contributed by atoms with Gasteiger partial charge in [-0.2, -0.15) is 0 Å². The van der Waals surface area contributed by atoms with E-state index in [0.29, 0.717) is 25.4 Å². The third-order valence-corrected chi connectivity index (χ3v) is 5.32. The number of carboxylic acid groups (broad SMARTS) is 1. The molecule has 2 aliphatic rings. The van der Waals surface area contributed by atoms with E-state index in [1.54, 1.807) is 0 Å². The summed E-state index contributed by atoms with van der Waals surface area (Å²) in [7, 11) is -1.10. The van der Waals surface area contributed by atoms with Crippen LogP contribution in [-0.4, -0.2) is 67.6 Å². The van der Waals surface area contributed by atoms with Gasteiger partial charge in [0.2, 0.25) is 0 Å². The lowest BCUT2D eigenvalue weighted by molar-refractivity contribution is -0.145. The van der Waals surface area contributed by atoms with Crippen LogP contribution in [0.5, 0.6) is 0 Å². The molecule has 2 N–H and O–H groups in total. The number of hydrogen-bond acceptors (Lipinski definition) is 5. The molecule has 0 heterocycles. The first-order chi connectivity index (χ1) is 9.22. The predicted octanol–water partition coefficient (Wildman–Crippen LogP) is 0.0907. The predicted molar refractivity (Wildman–Crippen MR) is 76.5 cm³/mol. The van der Waals surface area contributed by atoms with Crippen molar-refractivity contribution in [3.05, 3.63) is 0 Å². The molecule has 2 atom stereocenters. The lowest BCUT2D eigenvalue weighted by atomic mass is 9.97. The second kappa shape index (κ2) is 5.61. The average Bonchev–Trinajstić information content (AvgIpc) is 3.02. The van der Waals surface area contributed by atoms with E-state index in [2.05, 4.69) is 5.32 Å². The van der Waals surface area contributed by atoms with Gasteiger partial charge in [-0.15, -0.1) is 0 Å². The molecule has 20 heavy (non-hydrogen) atoms. The summed E-state index contributed by atoms with van der Waals surface area (Å²) >= 11 is 0. The molecule has 0 amide bonds. The molecule has 0 aromatic heterocycles. The van der Waals surface area contributed by atoms with Crippen LogP contribution in [0.3, 0.4) is 0 Å². The lowest BCUT2D eigenvalue weighted by Crippen LogP contribution is -2.52. The van der Waals surface area contributed by atoms with Gasteiger partial charge in [0.1, 0.15) is 15.4 Å². The maximum atomic E-state index is 11.6. The van der Waals surface area contributed by atoms with E-state index in [0.717, 1.165) is 19.3 Å². The minimum Gasteiger partial charge on any atom is -0.480 e. The van der Waals surface area contributed by atoms with E-state index in [4.69, 9.17) is 0 Å². The standard InChI is InChI=1S/C13H24N2O4S/c1-15(7-8-20(2,18)19)11-5-6-13(9-11,12(16)17)14-10-3-4-10/h10-11,14H,3-9H2,1-2H3,(H,16,17). The molecule has 0 saturated heterocycles. The summed E-state index contributed by atoms with van der Waals surface area (Å²) < 4.78 is 22.4. The van der Waals surface area contributed by atoms with E-state index >= 15 is 0 Å². The number of nitrogens with one attached hydrogen (secondary N) is 1. The first-order valence-corrected chi connectivity index (χ1v) is 9.17. The van der Waals surface area contributed by atoms with Gasteiger partial charge in [-0.1, -0.05) is 0 Å². The van der Waals surface area contributed by atoms with Crippen LogP contribution in [0.2, 0.25) is 0 Å². The topological polar surface area (TPSA) is 86.7 Å². The molecule has 0 aromatic rings. The quantitative estimate of drug-likeness (QED) is 0.693. The SMILES string of the molecule is CN(CCS(C)(=O)=O)C1CCC(NC2CC2)(C(=O)O)C1. The van der Waals surface area contributed by atoms with E-state index in [1.807, 2.05) is 11.9 Å². The molecule has 0 bridgehead atoms. The van der Waals surface area contributed by atoms with Gasteiger partial charge in [0.15, 0.2) is 0 Å². The Kier molecular flexibility index (Phi) is 4.41. The Morgan fingerprint density at radius 3 is 2.55 bits per heavy atom. The molecule has 7 heteroatoms. The fourth-order valence-corrected chi connectivity index (χ4v) is 3.51. The summed E-state index contributed by atoms with van der Waals surface area (Å²) in [4.78, 5) is 13.6. The van der Waals surface area contributed by atoms with E-state index in [9.17, 15) is 18.3 Å². The molecule has 0 spiro atoms. The first kappa shape index (κ1) is 15.7. The zero-order chi connectivity index (χ0) is 15.0. The number of sulfone groups is 1. The summed E-state index contributed by atoms with van der Waals surface area (Å²) in [5.74, 6) is -0.653. The summed E-state index contributed by atoms with van der Waals surface area (Å²) in [6.45, 7) is 0.461. The van der Waals surface area contributed by atoms with Gasteiger partial charge in [-0.25, -0.2) is 8.42 Å². The van der Waals surface area contributed by atoms with Crippen molar-refractivity contribution in [3.8, 4) is 0 Å². The molecule has 116 valence electrons. The van der Waals surface area contributed by atoms with Crippen LogP contribution in [0.4, 0.5) is 0 Å². The van der Waals surface area contributed by atoms with Crippen LogP contribution in [0, 0.1) is 0 Å². The Morgan fingerprint density at radius 2 is 2.05 bits per heavy atom. The van der Waals surface area contributed by atoms with Gasteiger partial charge >= 0.3 is 5.97 Å². The van der Waals surface area contributed by atoms with Crippen LogP contribution in [0.1, 0.15) is 32.1 Å². The highest BCUT2D eigenvalue weighted by atomic mass is 32.2. The Balaban J connectivity index is 1.93. The molecule has 2 saturated carbocycles. The Morgan fingerprint density at radius 1 is 1.40 bits per heavy atom. The molecule has 2 unspecified atom stereocenters. The van der Waals surface area contributed by atoms with E-state index < -0.39 is 21.3 Å². The van der Waals surface area contributed by atoms with E-state index in [1.165, 1.54) is 6.26 Å². The fourth-order valence-electron chi connectivity index (χ4n) is 2.89. The van der Waals surface area contributed by atoms with Crippen LogP contribution >= 0.6 is 0 Å². The van der Waals surface area contributed by atoms with Crippen LogP contribution in [0.25, 0.3) is 0 Å². The monoisotopic (exact) mass is 304 g/mol. The number of carbonyl (C=O) groups is 1. The summed E-state index contributed by atoms with van der Waals surface area (Å²) in [5.41, 5.74) is -0.814. The number of aliphatic carboxylic acids is 1. The third kappa shape index (κ3) is 3.93. The zero-order valence-electron chi connectivity index (χ0n) is 12.1. The van der Waals surface area contributed by atoms with Crippen LogP contribution < -0.4 is 5.32 Å². The highest BCUT2D eigenvalue weighted by Gasteiger charge is 2.48. The molecule has 2 aliphatic carbocycles. The Bertz CT molecular complexity index is 475. The molecule has 0 aromatic carbocycles. The van der Waals surface area contributed by atoms with Crippen molar-refractivity contribution in [2.24, 2.45) is 0 Å².